The first kappa shape index (κ1) is 13.4. The molecule has 1 atom stereocenters. The Morgan fingerprint density at radius 3 is 2.83 bits per heavy atom. The molecule has 0 spiro atoms. The topological polar surface area (TPSA) is 72.6 Å². The van der Waals surface area contributed by atoms with Gasteiger partial charge in [0.1, 0.15) is 5.75 Å². The molecule has 3 N–H and O–H groups in total. The molecule has 0 aliphatic heterocycles. The first-order valence-electron chi connectivity index (χ1n) is 5.97. The second-order valence-electron chi connectivity index (χ2n) is 4.54. The van der Waals surface area contributed by atoms with Gasteiger partial charge in [-0.3, -0.25) is 4.79 Å². The van der Waals surface area contributed by atoms with E-state index >= 15 is 0 Å². The molecule has 1 aromatic carbocycles. The van der Waals surface area contributed by atoms with Gasteiger partial charge in [-0.15, -0.1) is 0 Å². The Balaban J connectivity index is 2.25. The lowest BCUT2D eigenvalue weighted by atomic mass is 9.98. The third-order valence-corrected chi connectivity index (χ3v) is 3.69. The van der Waals surface area contributed by atoms with E-state index in [1.165, 1.54) is 12.8 Å². The normalized spacial score (nSPS) is 16.3. The number of aliphatic carboxylic acids is 1. The zero-order valence-corrected chi connectivity index (χ0v) is 11.5. The van der Waals surface area contributed by atoms with Gasteiger partial charge < -0.3 is 15.6 Å². The molecule has 0 saturated heterocycles. The van der Waals surface area contributed by atoms with Crippen LogP contribution in [0.4, 0.5) is 0 Å². The Bertz CT molecular complexity index is 446. The third-order valence-electron chi connectivity index (χ3n) is 3.07. The minimum atomic E-state index is -0.924. The van der Waals surface area contributed by atoms with Gasteiger partial charge in [0.05, 0.1) is 17.0 Å². The number of nitrogens with two attached hydrogens (primary N) is 1. The van der Waals surface area contributed by atoms with Crippen LogP contribution in [0.25, 0.3) is 0 Å². The van der Waals surface area contributed by atoms with Crippen molar-refractivity contribution in [3.05, 3.63) is 28.2 Å². The Morgan fingerprint density at radius 1 is 1.56 bits per heavy atom. The smallest absolute Gasteiger partial charge is 0.312 e. The van der Waals surface area contributed by atoms with Crippen LogP contribution in [0.2, 0.25) is 0 Å². The summed E-state index contributed by atoms with van der Waals surface area (Å²) in [6, 6.07) is 5.41. The predicted molar refractivity (Wildman–Crippen MR) is 71.8 cm³/mol. The van der Waals surface area contributed by atoms with Gasteiger partial charge >= 0.3 is 5.97 Å². The van der Waals surface area contributed by atoms with E-state index in [-0.39, 0.29) is 6.54 Å². The van der Waals surface area contributed by atoms with E-state index in [0.717, 1.165) is 4.47 Å². The SMILES string of the molecule is NCC(C(=O)O)c1cccc(Br)c1OCC1CC1. The summed E-state index contributed by atoms with van der Waals surface area (Å²) in [6.45, 7) is 0.706. The lowest BCUT2D eigenvalue weighted by Crippen LogP contribution is -2.22. The summed E-state index contributed by atoms with van der Waals surface area (Å²) in [5.74, 6) is -0.420. The number of ether oxygens (including phenoxy) is 1. The number of carboxylic acid groups (broad SMARTS) is 1. The molecule has 0 radical (unpaired) electrons. The van der Waals surface area contributed by atoms with Crippen LogP contribution < -0.4 is 10.5 Å². The van der Waals surface area contributed by atoms with Crippen molar-refractivity contribution in [1.29, 1.82) is 0 Å². The fourth-order valence-corrected chi connectivity index (χ4v) is 2.29. The lowest BCUT2D eigenvalue weighted by Gasteiger charge is -2.17. The molecular weight excluding hydrogens is 298 g/mol. The molecule has 1 saturated carbocycles. The van der Waals surface area contributed by atoms with Crippen molar-refractivity contribution in [3.8, 4) is 5.75 Å². The van der Waals surface area contributed by atoms with Crippen molar-refractivity contribution in [2.45, 2.75) is 18.8 Å². The maximum atomic E-state index is 11.2. The molecule has 1 aliphatic rings. The molecule has 0 heterocycles. The molecule has 5 heteroatoms. The summed E-state index contributed by atoms with van der Waals surface area (Å²) >= 11 is 3.41. The second-order valence-corrected chi connectivity index (χ2v) is 5.39. The van der Waals surface area contributed by atoms with Crippen LogP contribution in [0.5, 0.6) is 5.75 Å². The standard InChI is InChI=1S/C13H16BrNO3/c14-11-3-1-2-9(10(6-15)13(16)17)12(11)18-7-8-4-5-8/h1-3,8,10H,4-7,15H2,(H,16,17). The van der Waals surface area contributed by atoms with Gasteiger partial charge in [0.15, 0.2) is 0 Å². The highest BCUT2D eigenvalue weighted by molar-refractivity contribution is 9.10. The molecular formula is C13H16BrNO3. The van der Waals surface area contributed by atoms with E-state index in [0.29, 0.717) is 23.8 Å². The summed E-state index contributed by atoms with van der Waals surface area (Å²) in [7, 11) is 0. The van der Waals surface area contributed by atoms with E-state index in [9.17, 15) is 9.90 Å². The monoisotopic (exact) mass is 313 g/mol. The lowest BCUT2D eigenvalue weighted by molar-refractivity contribution is -0.138. The number of benzene rings is 1. The van der Waals surface area contributed by atoms with Crippen LogP contribution in [0.3, 0.4) is 0 Å². The predicted octanol–water partition coefficient (Wildman–Crippen LogP) is 2.36. The minimum Gasteiger partial charge on any atom is -0.492 e. The van der Waals surface area contributed by atoms with Crippen molar-refractivity contribution in [2.24, 2.45) is 11.7 Å². The average Bonchev–Trinajstić information content (AvgIpc) is 3.12. The Hall–Kier alpha value is -1.07. The first-order valence-corrected chi connectivity index (χ1v) is 6.77. The summed E-state index contributed by atoms with van der Waals surface area (Å²) in [5.41, 5.74) is 6.18. The Labute approximate surface area is 114 Å². The van der Waals surface area contributed by atoms with Crippen molar-refractivity contribution in [1.82, 2.24) is 0 Å². The van der Waals surface area contributed by atoms with Crippen LogP contribution in [0.1, 0.15) is 24.3 Å². The van der Waals surface area contributed by atoms with Crippen LogP contribution >= 0.6 is 15.9 Å². The van der Waals surface area contributed by atoms with Crippen molar-refractivity contribution in [3.63, 3.8) is 0 Å². The maximum absolute atomic E-state index is 11.2. The van der Waals surface area contributed by atoms with Gasteiger partial charge in [-0.05, 0) is 40.8 Å². The Morgan fingerprint density at radius 2 is 2.28 bits per heavy atom. The van der Waals surface area contributed by atoms with Crippen molar-refractivity contribution < 1.29 is 14.6 Å². The number of carbonyl (C=O) groups is 1. The number of carboxylic acids is 1. The van der Waals surface area contributed by atoms with Gasteiger partial charge in [-0.25, -0.2) is 0 Å². The molecule has 0 amide bonds. The summed E-state index contributed by atoms with van der Waals surface area (Å²) < 4.78 is 6.54. The number of halogens is 1. The fourth-order valence-electron chi connectivity index (χ4n) is 1.80. The molecule has 1 fully saturated rings. The van der Waals surface area contributed by atoms with Crippen molar-refractivity contribution in [2.75, 3.05) is 13.2 Å². The number of hydrogen-bond donors (Lipinski definition) is 2. The van der Waals surface area contributed by atoms with Crippen LogP contribution in [-0.4, -0.2) is 24.2 Å². The zero-order valence-electron chi connectivity index (χ0n) is 9.93. The molecule has 4 nitrogen and oxygen atoms in total. The summed E-state index contributed by atoms with van der Waals surface area (Å²) in [6.07, 6.45) is 2.39. The Kier molecular flexibility index (Phi) is 4.24. The molecule has 1 unspecified atom stereocenters. The molecule has 1 aromatic rings. The molecule has 18 heavy (non-hydrogen) atoms. The van der Waals surface area contributed by atoms with Gasteiger partial charge in [0, 0.05) is 12.1 Å². The summed E-state index contributed by atoms with van der Waals surface area (Å²) in [4.78, 5) is 11.2. The second kappa shape index (κ2) is 5.71. The highest BCUT2D eigenvalue weighted by atomic mass is 79.9. The first-order chi connectivity index (χ1) is 8.63. The van der Waals surface area contributed by atoms with E-state index in [4.69, 9.17) is 10.5 Å². The van der Waals surface area contributed by atoms with Gasteiger partial charge in [-0.1, -0.05) is 12.1 Å². The number of para-hydroxylation sites is 1. The van der Waals surface area contributed by atoms with Gasteiger partial charge in [0.2, 0.25) is 0 Å². The molecule has 0 bridgehead atoms. The largest absolute Gasteiger partial charge is 0.492 e. The van der Waals surface area contributed by atoms with E-state index in [2.05, 4.69) is 15.9 Å². The molecule has 0 aromatic heterocycles. The van der Waals surface area contributed by atoms with Gasteiger partial charge in [-0.2, -0.15) is 0 Å². The van der Waals surface area contributed by atoms with E-state index < -0.39 is 11.9 Å². The van der Waals surface area contributed by atoms with E-state index in [1.54, 1.807) is 12.1 Å². The van der Waals surface area contributed by atoms with E-state index in [1.807, 2.05) is 6.07 Å². The van der Waals surface area contributed by atoms with Crippen molar-refractivity contribution >= 4 is 21.9 Å². The quantitative estimate of drug-likeness (QED) is 0.845. The average molecular weight is 314 g/mol. The third kappa shape index (κ3) is 3.03. The molecule has 1 aliphatic carbocycles. The van der Waals surface area contributed by atoms with Gasteiger partial charge in [0.25, 0.3) is 0 Å². The van der Waals surface area contributed by atoms with Crippen LogP contribution in [-0.2, 0) is 4.79 Å². The number of rotatable bonds is 6. The summed E-state index contributed by atoms with van der Waals surface area (Å²) in [5, 5.41) is 9.18. The highest BCUT2D eigenvalue weighted by Gasteiger charge is 2.26. The van der Waals surface area contributed by atoms with Crippen LogP contribution in [0.15, 0.2) is 22.7 Å². The molecule has 98 valence electrons. The zero-order chi connectivity index (χ0) is 13.1. The highest BCUT2D eigenvalue weighted by Crippen LogP contribution is 2.36. The molecule has 2 rings (SSSR count). The number of hydrogen-bond acceptors (Lipinski definition) is 3. The van der Waals surface area contributed by atoms with Crippen LogP contribution in [0, 0.1) is 5.92 Å². The fraction of sp³-hybridized carbons (Fsp3) is 0.462. The minimum absolute atomic E-state index is 0.0611. The maximum Gasteiger partial charge on any atom is 0.312 e.